The molecule has 22 heavy (non-hydrogen) atoms. The van der Waals surface area contributed by atoms with Gasteiger partial charge in [0.05, 0.1) is 0 Å². The molecule has 2 aromatic rings. The predicted molar refractivity (Wildman–Crippen MR) is 90.5 cm³/mol. The number of thiazole rings is 1. The van der Waals surface area contributed by atoms with Gasteiger partial charge < -0.3 is 10.2 Å². The van der Waals surface area contributed by atoms with Crippen molar-refractivity contribution in [2.75, 3.05) is 20.1 Å². The van der Waals surface area contributed by atoms with Crippen molar-refractivity contribution < 1.29 is 4.79 Å². The molecule has 3 rings (SSSR count). The summed E-state index contributed by atoms with van der Waals surface area (Å²) in [7, 11) is 1.94. The number of piperidine rings is 1. The van der Waals surface area contributed by atoms with Gasteiger partial charge in [-0.15, -0.1) is 11.3 Å². The minimum atomic E-state index is 0.0245. The average Bonchev–Trinajstić information content (AvgIpc) is 3.05. The van der Waals surface area contributed by atoms with E-state index in [1.807, 2.05) is 41.6 Å². The number of carbonyl (C=O) groups is 1. The lowest BCUT2D eigenvalue weighted by Gasteiger charge is -2.32. The molecule has 1 aromatic carbocycles. The fourth-order valence-corrected chi connectivity index (χ4v) is 3.58. The maximum atomic E-state index is 12.6. The van der Waals surface area contributed by atoms with Crippen LogP contribution in [0.2, 0.25) is 5.02 Å². The van der Waals surface area contributed by atoms with E-state index in [-0.39, 0.29) is 5.91 Å². The van der Waals surface area contributed by atoms with Gasteiger partial charge in [-0.1, -0.05) is 23.7 Å². The number of hydrogen-bond donors (Lipinski definition) is 1. The van der Waals surface area contributed by atoms with Crippen molar-refractivity contribution in [1.29, 1.82) is 0 Å². The number of likely N-dealkylation sites (tertiary alicyclic amines) is 1. The monoisotopic (exact) mass is 335 g/mol. The van der Waals surface area contributed by atoms with Crippen molar-refractivity contribution in [1.82, 2.24) is 15.2 Å². The highest BCUT2D eigenvalue weighted by atomic mass is 35.5. The molecule has 1 aliphatic heterocycles. The molecule has 0 saturated carbocycles. The second-order valence-corrected chi connectivity index (χ2v) is 6.72. The van der Waals surface area contributed by atoms with E-state index < -0.39 is 0 Å². The van der Waals surface area contributed by atoms with Crippen LogP contribution in [0.25, 0.3) is 10.6 Å². The molecule has 1 aromatic heterocycles. The molecular weight excluding hydrogens is 318 g/mol. The maximum Gasteiger partial charge on any atom is 0.273 e. The summed E-state index contributed by atoms with van der Waals surface area (Å²) in [6, 6.07) is 7.90. The number of hydrogen-bond acceptors (Lipinski definition) is 4. The lowest BCUT2D eigenvalue weighted by molar-refractivity contribution is 0.0693. The maximum absolute atomic E-state index is 12.6. The minimum absolute atomic E-state index is 0.0245. The zero-order chi connectivity index (χ0) is 15.5. The van der Waals surface area contributed by atoms with Gasteiger partial charge in [-0.3, -0.25) is 4.79 Å². The van der Waals surface area contributed by atoms with E-state index in [0.717, 1.165) is 36.5 Å². The Morgan fingerprint density at radius 2 is 2.18 bits per heavy atom. The Morgan fingerprint density at radius 1 is 1.41 bits per heavy atom. The van der Waals surface area contributed by atoms with Crippen molar-refractivity contribution in [3.63, 3.8) is 0 Å². The first-order valence-corrected chi connectivity index (χ1v) is 8.61. The summed E-state index contributed by atoms with van der Waals surface area (Å²) in [5.74, 6) is 0.0245. The first-order valence-electron chi connectivity index (χ1n) is 7.35. The third-order valence-corrected chi connectivity index (χ3v) is 5.07. The van der Waals surface area contributed by atoms with Crippen LogP contribution < -0.4 is 5.32 Å². The Morgan fingerprint density at radius 3 is 2.91 bits per heavy atom. The normalized spacial score (nSPS) is 18.5. The second kappa shape index (κ2) is 6.77. The molecule has 0 radical (unpaired) electrons. The highest BCUT2D eigenvalue weighted by molar-refractivity contribution is 7.13. The van der Waals surface area contributed by atoms with Crippen molar-refractivity contribution in [3.05, 3.63) is 40.4 Å². The smallest absolute Gasteiger partial charge is 0.273 e. The number of halogens is 1. The van der Waals surface area contributed by atoms with Gasteiger partial charge in [-0.2, -0.15) is 0 Å². The minimum Gasteiger partial charge on any atom is -0.336 e. The number of benzene rings is 1. The standard InChI is InChI=1S/C16H18ClN3OS/c1-18-13-3-2-8-20(9-13)16(21)14-10-22-15(19-14)11-4-6-12(17)7-5-11/h4-7,10,13,18H,2-3,8-9H2,1H3. The molecule has 1 fully saturated rings. The Bertz CT molecular complexity index is 656. The third kappa shape index (κ3) is 3.32. The first kappa shape index (κ1) is 15.5. The Hall–Kier alpha value is -1.43. The molecule has 1 aliphatic rings. The number of aromatic nitrogens is 1. The van der Waals surface area contributed by atoms with E-state index >= 15 is 0 Å². The third-order valence-electron chi connectivity index (χ3n) is 3.93. The van der Waals surface area contributed by atoms with Crippen molar-refractivity contribution in [2.45, 2.75) is 18.9 Å². The topological polar surface area (TPSA) is 45.2 Å². The van der Waals surface area contributed by atoms with Crippen molar-refractivity contribution in [2.24, 2.45) is 0 Å². The molecule has 6 heteroatoms. The Balaban J connectivity index is 1.75. The molecule has 0 bridgehead atoms. The van der Waals surface area contributed by atoms with Crippen LogP contribution in [0.15, 0.2) is 29.6 Å². The van der Waals surface area contributed by atoms with E-state index in [1.54, 1.807) is 0 Å². The van der Waals surface area contributed by atoms with Crippen LogP contribution in [0.4, 0.5) is 0 Å². The van der Waals surface area contributed by atoms with E-state index in [1.165, 1.54) is 11.3 Å². The molecule has 2 heterocycles. The fraction of sp³-hybridized carbons (Fsp3) is 0.375. The number of likely N-dealkylation sites (N-methyl/N-ethyl adjacent to an activating group) is 1. The van der Waals surface area contributed by atoms with Gasteiger partial charge in [0.2, 0.25) is 0 Å². The highest BCUT2D eigenvalue weighted by Gasteiger charge is 2.25. The molecule has 116 valence electrons. The van der Waals surface area contributed by atoms with Gasteiger partial charge in [0.15, 0.2) is 0 Å². The van der Waals surface area contributed by atoms with Gasteiger partial charge in [-0.25, -0.2) is 4.98 Å². The zero-order valence-corrected chi connectivity index (χ0v) is 14.0. The van der Waals surface area contributed by atoms with Gasteiger partial charge in [0.1, 0.15) is 10.7 Å². The molecule has 0 spiro atoms. The summed E-state index contributed by atoms with van der Waals surface area (Å²) in [5.41, 5.74) is 1.52. The van der Waals surface area contributed by atoms with E-state index in [2.05, 4.69) is 10.3 Å². The van der Waals surface area contributed by atoms with Crippen molar-refractivity contribution in [3.8, 4) is 10.6 Å². The molecule has 4 nitrogen and oxygen atoms in total. The fourth-order valence-electron chi connectivity index (χ4n) is 2.66. The quantitative estimate of drug-likeness (QED) is 0.936. The van der Waals surface area contributed by atoms with E-state index in [4.69, 9.17) is 11.6 Å². The molecule has 1 unspecified atom stereocenters. The predicted octanol–water partition coefficient (Wildman–Crippen LogP) is 3.29. The summed E-state index contributed by atoms with van der Waals surface area (Å²) in [6.07, 6.45) is 2.15. The summed E-state index contributed by atoms with van der Waals surface area (Å²) in [6.45, 7) is 1.56. The molecule has 1 saturated heterocycles. The number of rotatable bonds is 3. The van der Waals surface area contributed by atoms with Gasteiger partial charge in [-0.05, 0) is 32.0 Å². The van der Waals surface area contributed by atoms with Crippen LogP contribution in [-0.2, 0) is 0 Å². The van der Waals surface area contributed by atoms with Crippen LogP contribution in [0.3, 0.4) is 0 Å². The molecule has 1 amide bonds. The van der Waals surface area contributed by atoms with Gasteiger partial charge in [0.25, 0.3) is 5.91 Å². The number of nitrogens with one attached hydrogen (secondary N) is 1. The average molecular weight is 336 g/mol. The summed E-state index contributed by atoms with van der Waals surface area (Å²) < 4.78 is 0. The van der Waals surface area contributed by atoms with Gasteiger partial charge >= 0.3 is 0 Å². The number of carbonyl (C=O) groups excluding carboxylic acids is 1. The molecule has 1 atom stereocenters. The van der Waals surface area contributed by atoms with E-state index in [0.29, 0.717) is 16.8 Å². The summed E-state index contributed by atoms with van der Waals surface area (Å²) >= 11 is 7.39. The Labute approximate surface area is 139 Å². The molecule has 1 N–H and O–H groups in total. The van der Waals surface area contributed by atoms with Gasteiger partial charge in [0, 0.05) is 35.1 Å². The summed E-state index contributed by atoms with van der Waals surface area (Å²) in [4.78, 5) is 19.0. The zero-order valence-electron chi connectivity index (χ0n) is 12.4. The largest absolute Gasteiger partial charge is 0.336 e. The Kier molecular flexibility index (Phi) is 4.76. The van der Waals surface area contributed by atoms with Crippen LogP contribution in [-0.4, -0.2) is 42.0 Å². The number of amides is 1. The van der Waals surface area contributed by atoms with Crippen molar-refractivity contribution >= 4 is 28.8 Å². The van der Waals surface area contributed by atoms with Crippen LogP contribution in [0.5, 0.6) is 0 Å². The number of nitrogens with zero attached hydrogens (tertiary/aromatic N) is 2. The second-order valence-electron chi connectivity index (χ2n) is 5.42. The molecule has 0 aliphatic carbocycles. The van der Waals surface area contributed by atoms with Crippen LogP contribution >= 0.6 is 22.9 Å². The highest BCUT2D eigenvalue weighted by Crippen LogP contribution is 2.26. The van der Waals surface area contributed by atoms with E-state index in [9.17, 15) is 4.79 Å². The SMILES string of the molecule is CNC1CCCN(C(=O)c2csc(-c3ccc(Cl)cc3)n2)C1. The van der Waals surface area contributed by atoms with Crippen LogP contribution in [0, 0.1) is 0 Å². The summed E-state index contributed by atoms with van der Waals surface area (Å²) in [5, 5.41) is 6.64. The van der Waals surface area contributed by atoms with Crippen LogP contribution in [0.1, 0.15) is 23.3 Å². The lowest BCUT2D eigenvalue weighted by Crippen LogP contribution is -2.47. The first-order chi connectivity index (χ1) is 10.7. The molecular formula is C16H18ClN3OS. The lowest BCUT2D eigenvalue weighted by atomic mass is 10.1.